The number of amides is 1. The Labute approximate surface area is 190 Å². The molecule has 0 bridgehead atoms. The number of hydrogen-bond donors (Lipinski definition) is 1. The van der Waals surface area contributed by atoms with Crippen LogP contribution < -0.4 is 5.32 Å². The number of thiophene rings is 1. The second-order valence-corrected chi connectivity index (χ2v) is 9.04. The average molecular weight is 455 g/mol. The van der Waals surface area contributed by atoms with Crippen molar-refractivity contribution in [3.05, 3.63) is 46.4 Å². The zero-order valence-electron chi connectivity index (χ0n) is 18.2. The van der Waals surface area contributed by atoms with Gasteiger partial charge in [0.15, 0.2) is 0 Å². The first-order chi connectivity index (χ1) is 15.5. The lowest BCUT2D eigenvalue weighted by atomic mass is 9.88. The number of pyridine rings is 1. The Hall–Kier alpha value is -3.07. The van der Waals surface area contributed by atoms with Gasteiger partial charge in [-0.15, -0.1) is 11.3 Å². The summed E-state index contributed by atoms with van der Waals surface area (Å²) in [4.78, 5) is 34.8. The van der Waals surface area contributed by atoms with E-state index in [1.807, 2.05) is 12.1 Å². The minimum absolute atomic E-state index is 0.144. The molecule has 0 aromatic carbocycles. The number of hydrogen-bond acceptors (Lipinski definition) is 8. The molecule has 0 spiro atoms. The van der Waals surface area contributed by atoms with Crippen molar-refractivity contribution in [2.24, 2.45) is 5.92 Å². The monoisotopic (exact) mass is 454 g/mol. The summed E-state index contributed by atoms with van der Waals surface area (Å²) >= 11 is 1.50. The Balaban J connectivity index is 1.37. The van der Waals surface area contributed by atoms with Crippen molar-refractivity contribution in [1.29, 1.82) is 0 Å². The van der Waals surface area contributed by atoms with Crippen molar-refractivity contribution in [2.75, 3.05) is 11.9 Å². The number of aromatic nitrogens is 3. The Morgan fingerprint density at radius 3 is 3.03 bits per heavy atom. The highest BCUT2D eigenvalue weighted by Crippen LogP contribution is 2.40. The molecule has 0 aliphatic heterocycles. The third-order valence-corrected chi connectivity index (χ3v) is 6.60. The van der Waals surface area contributed by atoms with Gasteiger partial charge >= 0.3 is 5.97 Å². The Morgan fingerprint density at radius 2 is 2.25 bits per heavy atom. The number of nitrogens with one attached hydrogen (secondary N) is 1. The summed E-state index contributed by atoms with van der Waals surface area (Å²) in [7, 11) is 0. The molecule has 1 atom stereocenters. The molecule has 168 valence electrons. The summed E-state index contributed by atoms with van der Waals surface area (Å²) in [5.41, 5.74) is 2.35. The van der Waals surface area contributed by atoms with Crippen LogP contribution in [0.15, 0.2) is 29.0 Å². The van der Waals surface area contributed by atoms with E-state index in [0.29, 0.717) is 47.6 Å². The fourth-order valence-electron chi connectivity index (χ4n) is 3.82. The van der Waals surface area contributed by atoms with E-state index in [1.54, 1.807) is 19.3 Å². The summed E-state index contributed by atoms with van der Waals surface area (Å²) in [5, 5.41) is 7.51. The molecule has 9 heteroatoms. The van der Waals surface area contributed by atoms with Crippen molar-refractivity contribution in [3.8, 4) is 11.4 Å². The van der Waals surface area contributed by atoms with Gasteiger partial charge in [0, 0.05) is 35.7 Å². The van der Waals surface area contributed by atoms with E-state index in [0.717, 1.165) is 30.4 Å². The van der Waals surface area contributed by atoms with Crippen molar-refractivity contribution >= 4 is 28.2 Å². The van der Waals surface area contributed by atoms with Gasteiger partial charge in [0.25, 0.3) is 0 Å². The highest BCUT2D eigenvalue weighted by Gasteiger charge is 2.29. The van der Waals surface area contributed by atoms with E-state index >= 15 is 0 Å². The SMILES string of the molecule is CCOC(=O)c1c(NC(=O)CCCc2nc(-c3cccnc3)no2)sc2c1CC[C@@H](C)C2. The Kier molecular flexibility index (Phi) is 6.94. The molecule has 3 aromatic heterocycles. The quantitative estimate of drug-likeness (QED) is 0.501. The van der Waals surface area contributed by atoms with Crippen LogP contribution in [0.25, 0.3) is 11.4 Å². The third-order valence-electron chi connectivity index (χ3n) is 5.43. The number of aryl methyl sites for hydroxylation is 1. The van der Waals surface area contributed by atoms with Crippen LogP contribution in [0.1, 0.15) is 59.8 Å². The first-order valence-corrected chi connectivity index (χ1v) is 11.7. The molecule has 1 amide bonds. The van der Waals surface area contributed by atoms with Crippen LogP contribution in [0.4, 0.5) is 5.00 Å². The molecule has 4 rings (SSSR count). The number of ether oxygens (including phenoxy) is 1. The van der Waals surface area contributed by atoms with Crippen LogP contribution in [-0.2, 0) is 28.8 Å². The predicted molar refractivity (Wildman–Crippen MR) is 121 cm³/mol. The lowest BCUT2D eigenvalue weighted by molar-refractivity contribution is -0.116. The van der Waals surface area contributed by atoms with Crippen LogP contribution in [0.5, 0.6) is 0 Å². The Bertz CT molecular complexity index is 1090. The standard InChI is InChI=1S/C23H26N4O4S/c1-3-30-23(29)20-16-10-9-14(2)12-17(16)32-22(20)25-18(28)7-4-8-19-26-21(27-31-19)15-6-5-11-24-13-15/h5-6,11,13-14H,3-4,7-10,12H2,1-2H3,(H,25,28)/t14-/m1/s1. The molecular weight excluding hydrogens is 428 g/mol. The molecular formula is C23H26N4O4S. The minimum atomic E-state index is -0.358. The predicted octanol–water partition coefficient (Wildman–Crippen LogP) is 4.46. The lowest BCUT2D eigenvalue weighted by Crippen LogP contribution is -2.16. The molecule has 0 fully saturated rings. The van der Waals surface area contributed by atoms with Gasteiger partial charge in [-0.05, 0) is 56.2 Å². The van der Waals surface area contributed by atoms with Gasteiger partial charge in [0.2, 0.25) is 17.6 Å². The van der Waals surface area contributed by atoms with Gasteiger partial charge in [-0.2, -0.15) is 4.98 Å². The fraction of sp³-hybridized carbons (Fsp3) is 0.435. The van der Waals surface area contributed by atoms with E-state index < -0.39 is 0 Å². The zero-order chi connectivity index (χ0) is 22.5. The molecule has 1 aliphatic carbocycles. The second kappa shape index (κ2) is 10.0. The molecule has 0 radical (unpaired) electrons. The van der Waals surface area contributed by atoms with Crippen molar-refractivity contribution < 1.29 is 18.8 Å². The number of rotatable bonds is 8. The van der Waals surface area contributed by atoms with Crippen LogP contribution in [0, 0.1) is 5.92 Å². The lowest BCUT2D eigenvalue weighted by Gasteiger charge is -2.18. The molecule has 3 heterocycles. The molecule has 1 aliphatic rings. The summed E-state index contributed by atoms with van der Waals surface area (Å²) in [6, 6.07) is 3.67. The highest BCUT2D eigenvalue weighted by atomic mass is 32.1. The van der Waals surface area contributed by atoms with Crippen LogP contribution in [0.2, 0.25) is 0 Å². The number of carbonyl (C=O) groups is 2. The van der Waals surface area contributed by atoms with Gasteiger partial charge in [0.1, 0.15) is 5.00 Å². The van der Waals surface area contributed by atoms with E-state index in [9.17, 15) is 9.59 Å². The highest BCUT2D eigenvalue weighted by molar-refractivity contribution is 7.17. The van der Waals surface area contributed by atoms with E-state index in [-0.39, 0.29) is 18.3 Å². The van der Waals surface area contributed by atoms with Crippen LogP contribution in [-0.4, -0.2) is 33.6 Å². The third kappa shape index (κ3) is 5.04. The zero-order valence-corrected chi connectivity index (χ0v) is 19.0. The first-order valence-electron chi connectivity index (χ1n) is 10.9. The number of nitrogens with zero attached hydrogens (tertiary/aromatic N) is 3. The summed E-state index contributed by atoms with van der Waals surface area (Å²) < 4.78 is 10.5. The van der Waals surface area contributed by atoms with Gasteiger partial charge in [0.05, 0.1) is 12.2 Å². The van der Waals surface area contributed by atoms with Gasteiger partial charge in [-0.3, -0.25) is 9.78 Å². The number of esters is 1. The Morgan fingerprint density at radius 1 is 1.38 bits per heavy atom. The van der Waals surface area contributed by atoms with Crippen LogP contribution >= 0.6 is 11.3 Å². The molecule has 0 saturated carbocycles. The average Bonchev–Trinajstić information content (AvgIpc) is 3.38. The number of anilines is 1. The maximum absolute atomic E-state index is 12.6. The topological polar surface area (TPSA) is 107 Å². The molecule has 0 unspecified atom stereocenters. The first kappa shape index (κ1) is 22.1. The minimum Gasteiger partial charge on any atom is -0.462 e. The van der Waals surface area contributed by atoms with Gasteiger partial charge < -0.3 is 14.6 Å². The maximum Gasteiger partial charge on any atom is 0.341 e. The molecule has 8 nitrogen and oxygen atoms in total. The fourth-order valence-corrected chi connectivity index (χ4v) is 5.23. The maximum atomic E-state index is 12.6. The summed E-state index contributed by atoms with van der Waals surface area (Å²) in [6.45, 7) is 4.30. The smallest absolute Gasteiger partial charge is 0.341 e. The number of fused-ring (bicyclic) bond motifs is 1. The molecule has 32 heavy (non-hydrogen) atoms. The number of carbonyl (C=O) groups excluding carboxylic acids is 2. The van der Waals surface area contributed by atoms with Crippen molar-refractivity contribution in [1.82, 2.24) is 15.1 Å². The molecule has 3 aromatic rings. The second-order valence-electron chi connectivity index (χ2n) is 7.93. The van der Waals surface area contributed by atoms with E-state index in [2.05, 4.69) is 27.4 Å². The largest absolute Gasteiger partial charge is 0.462 e. The molecule has 0 saturated heterocycles. The normalized spacial score (nSPS) is 15.2. The summed E-state index contributed by atoms with van der Waals surface area (Å²) in [6.07, 6.45) is 7.49. The van der Waals surface area contributed by atoms with Gasteiger partial charge in [-0.1, -0.05) is 12.1 Å². The molecule has 1 N–H and O–H groups in total. The van der Waals surface area contributed by atoms with Crippen molar-refractivity contribution in [3.63, 3.8) is 0 Å². The van der Waals surface area contributed by atoms with E-state index in [4.69, 9.17) is 9.26 Å². The van der Waals surface area contributed by atoms with Crippen molar-refractivity contribution in [2.45, 2.75) is 52.4 Å². The van der Waals surface area contributed by atoms with Gasteiger partial charge in [-0.25, -0.2) is 4.79 Å². The van der Waals surface area contributed by atoms with Crippen LogP contribution in [0.3, 0.4) is 0 Å². The summed E-state index contributed by atoms with van der Waals surface area (Å²) in [5.74, 6) is 1.03. The van der Waals surface area contributed by atoms with E-state index in [1.165, 1.54) is 16.2 Å².